The molecule has 1 aliphatic rings. The van der Waals surface area contributed by atoms with Gasteiger partial charge < -0.3 is 14.6 Å². The van der Waals surface area contributed by atoms with Crippen LogP contribution in [-0.4, -0.2) is 29.3 Å². The Morgan fingerprint density at radius 2 is 1.67 bits per heavy atom. The second kappa shape index (κ2) is 9.17. The van der Waals surface area contributed by atoms with Crippen molar-refractivity contribution in [3.8, 4) is 11.5 Å². The average molecular weight is 437 g/mol. The lowest BCUT2D eigenvalue weighted by Crippen LogP contribution is -2.15. The third-order valence-electron chi connectivity index (χ3n) is 5.71. The Morgan fingerprint density at radius 1 is 0.909 bits per heavy atom. The van der Waals surface area contributed by atoms with E-state index in [2.05, 4.69) is 6.08 Å². The van der Waals surface area contributed by atoms with Crippen LogP contribution in [0.2, 0.25) is 0 Å². The average Bonchev–Trinajstić information content (AvgIpc) is 3.24. The van der Waals surface area contributed by atoms with Crippen LogP contribution < -0.4 is 4.74 Å². The zero-order chi connectivity index (χ0) is 22.6. The zero-order valence-electron chi connectivity index (χ0n) is 18.0. The maximum Gasteiger partial charge on any atom is 0.339 e. The van der Waals surface area contributed by atoms with Gasteiger partial charge in [0.05, 0.1) is 16.8 Å². The highest BCUT2D eigenvalue weighted by Gasteiger charge is 2.27. The predicted octanol–water partition coefficient (Wildman–Crippen LogP) is 5.66. The molecule has 1 N–H and O–H groups in total. The molecular weight excluding hydrogens is 414 g/mol. The number of fused-ring (bicyclic) bond motifs is 2. The fourth-order valence-electron chi connectivity index (χ4n) is 4.17. The van der Waals surface area contributed by atoms with Gasteiger partial charge in [-0.05, 0) is 65.9 Å². The molecule has 33 heavy (non-hydrogen) atoms. The number of carbonyl (C=O) groups is 1. The highest BCUT2D eigenvalue weighted by molar-refractivity contribution is 6.07. The molecule has 0 aliphatic heterocycles. The molecule has 4 aromatic rings. The summed E-state index contributed by atoms with van der Waals surface area (Å²) in [4.78, 5) is 18.1. The van der Waals surface area contributed by atoms with Gasteiger partial charge in [0.2, 0.25) is 0 Å². The van der Waals surface area contributed by atoms with E-state index in [0.29, 0.717) is 5.56 Å². The monoisotopic (exact) mass is 437 g/mol. The quantitative estimate of drug-likeness (QED) is 0.311. The van der Waals surface area contributed by atoms with Gasteiger partial charge in [-0.3, -0.25) is 0 Å². The molecule has 1 aliphatic carbocycles. The number of nitrogens with zero attached hydrogens (tertiary/aromatic N) is 1. The molecule has 5 rings (SSSR count). The summed E-state index contributed by atoms with van der Waals surface area (Å²) in [5, 5.41) is 10.4. The van der Waals surface area contributed by atoms with Crippen LogP contribution >= 0.6 is 0 Å². The first-order valence-electron chi connectivity index (χ1n) is 11.0. The maximum absolute atomic E-state index is 13.2. The molecule has 0 saturated carbocycles. The van der Waals surface area contributed by atoms with Crippen molar-refractivity contribution < 1.29 is 19.4 Å². The van der Waals surface area contributed by atoms with Gasteiger partial charge in [-0.2, -0.15) is 0 Å². The molecule has 0 atom stereocenters. The smallest absolute Gasteiger partial charge is 0.339 e. The Hall–Kier alpha value is -4.12. The van der Waals surface area contributed by atoms with Crippen LogP contribution in [0.1, 0.15) is 33.6 Å². The molecule has 0 radical (unpaired) electrons. The van der Waals surface area contributed by atoms with E-state index in [4.69, 9.17) is 14.5 Å². The fraction of sp³-hybridized carbons (Fsp3) is 0.143. The van der Waals surface area contributed by atoms with Crippen molar-refractivity contribution in [1.29, 1.82) is 0 Å². The van der Waals surface area contributed by atoms with E-state index in [1.807, 2.05) is 66.7 Å². The summed E-state index contributed by atoms with van der Waals surface area (Å²) < 4.78 is 11.3. The summed E-state index contributed by atoms with van der Waals surface area (Å²) in [6.45, 7) is 0.447. The second-order valence-corrected chi connectivity index (χ2v) is 7.89. The number of phenolic OH excluding ortho intramolecular Hbond substituents is 1. The van der Waals surface area contributed by atoms with Gasteiger partial charge in [0.25, 0.3) is 0 Å². The van der Waals surface area contributed by atoms with Crippen molar-refractivity contribution >= 4 is 28.5 Å². The minimum absolute atomic E-state index is 0.162. The molecule has 1 heterocycles. The lowest BCUT2D eigenvalue weighted by molar-refractivity contribution is 0.0451. The second-order valence-electron chi connectivity index (χ2n) is 7.89. The summed E-state index contributed by atoms with van der Waals surface area (Å²) in [6.07, 6.45) is 3.58. The third kappa shape index (κ3) is 4.44. The number of pyridine rings is 1. The summed E-state index contributed by atoms with van der Waals surface area (Å²) in [6, 6.07) is 24.2. The number of aromatic hydroxyl groups is 1. The van der Waals surface area contributed by atoms with Crippen molar-refractivity contribution in [2.45, 2.75) is 12.8 Å². The maximum atomic E-state index is 13.2. The molecule has 0 spiro atoms. The lowest BCUT2D eigenvalue weighted by atomic mass is 10.0. The Labute approximate surface area is 191 Å². The minimum Gasteiger partial charge on any atom is -0.508 e. The SMILES string of the molecule is O=C(OCCOc1ccccc1)c1c2c(nc3ccccc13)C(=Cc1ccc(O)cc1)CC2. The Balaban J connectivity index is 1.42. The van der Waals surface area contributed by atoms with Crippen LogP contribution in [0.5, 0.6) is 11.5 Å². The number of benzene rings is 3. The third-order valence-corrected chi connectivity index (χ3v) is 5.71. The van der Waals surface area contributed by atoms with E-state index >= 15 is 0 Å². The fourth-order valence-corrected chi connectivity index (χ4v) is 4.17. The number of phenols is 1. The van der Waals surface area contributed by atoms with E-state index in [9.17, 15) is 9.90 Å². The number of aromatic nitrogens is 1. The van der Waals surface area contributed by atoms with Crippen molar-refractivity contribution in [1.82, 2.24) is 4.98 Å². The van der Waals surface area contributed by atoms with Gasteiger partial charge in [-0.1, -0.05) is 48.5 Å². The van der Waals surface area contributed by atoms with Crippen LogP contribution in [0.3, 0.4) is 0 Å². The number of hydrogen-bond acceptors (Lipinski definition) is 5. The molecule has 0 bridgehead atoms. The number of rotatable bonds is 6. The minimum atomic E-state index is -0.354. The van der Waals surface area contributed by atoms with E-state index in [-0.39, 0.29) is 24.9 Å². The van der Waals surface area contributed by atoms with Crippen molar-refractivity contribution in [2.24, 2.45) is 0 Å². The summed E-state index contributed by atoms with van der Waals surface area (Å²) >= 11 is 0. The van der Waals surface area contributed by atoms with Crippen LogP contribution in [0.25, 0.3) is 22.6 Å². The van der Waals surface area contributed by atoms with E-state index in [1.54, 1.807) is 12.1 Å². The van der Waals surface area contributed by atoms with Gasteiger partial charge in [-0.15, -0.1) is 0 Å². The standard InChI is InChI=1S/C28H23NO4/c30-21-13-10-19(11-14-21)18-20-12-15-24-26(23-8-4-5-9-25(23)29-27(20)24)28(31)33-17-16-32-22-6-2-1-3-7-22/h1-11,13-14,18,30H,12,15-17H2. The normalized spacial score (nSPS) is 13.8. The lowest BCUT2D eigenvalue weighted by Gasteiger charge is -2.13. The summed E-state index contributed by atoms with van der Waals surface area (Å²) in [5.74, 6) is 0.620. The highest BCUT2D eigenvalue weighted by Crippen LogP contribution is 2.37. The zero-order valence-corrected chi connectivity index (χ0v) is 18.0. The van der Waals surface area contributed by atoms with Gasteiger partial charge >= 0.3 is 5.97 Å². The molecule has 5 heteroatoms. The molecule has 0 fully saturated rings. The number of hydrogen-bond donors (Lipinski definition) is 1. The van der Waals surface area contributed by atoms with Crippen molar-refractivity contribution in [2.75, 3.05) is 13.2 Å². The number of carbonyl (C=O) groups excluding carboxylic acids is 1. The predicted molar refractivity (Wildman–Crippen MR) is 128 cm³/mol. The number of allylic oxidation sites excluding steroid dienone is 1. The summed E-state index contributed by atoms with van der Waals surface area (Å²) in [7, 11) is 0. The molecule has 3 aromatic carbocycles. The number of esters is 1. The van der Waals surface area contributed by atoms with Crippen LogP contribution in [0, 0.1) is 0 Å². The van der Waals surface area contributed by atoms with E-state index < -0.39 is 0 Å². The molecular formula is C28H23NO4. The van der Waals surface area contributed by atoms with E-state index in [0.717, 1.165) is 51.9 Å². The van der Waals surface area contributed by atoms with Crippen molar-refractivity contribution in [3.05, 3.63) is 101 Å². The molecule has 0 saturated heterocycles. The Bertz CT molecular complexity index is 1330. The molecule has 0 amide bonds. The van der Waals surface area contributed by atoms with Gasteiger partial charge in [0, 0.05) is 5.39 Å². The summed E-state index contributed by atoms with van der Waals surface area (Å²) in [5.41, 5.74) is 5.17. The van der Waals surface area contributed by atoms with E-state index in [1.165, 1.54) is 0 Å². The molecule has 5 nitrogen and oxygen atoms in total. The Morgan fingerprint density at radius 3 is 2.48 bits per heavy atom. The number of para-hydroxylation sites is 2. The molecule has 1 aromatic heterocycles. The van der Waals surface area contributed by atoms with Gasteiger partial charge in [-0.25, -0.2) is 9.78 Å². The highest BCUT2D eigenvalue weighted by atomic mass is 16.6. The van der Waals surface area contributed by atoms with Crippen molar-refractivity contribution in [3.63, 3.8) is 0 Å². The number of ether oxygens (including phenoxy) is 2. The van der Waals surface area contributed by atoms with Crippen LogP contribution in [-0.2, 0) is 11.2 Å². The van der Waals surface area contributed by atoms with Gasteiger partial charge in [0.15, 0.2) is 0 Å². The van der Waals surface area contributed by atoms with Crippen LogP contribution in [0.4, 0.5) is 0 Å². The first-order chi connectivity index (χ1) is 16.2. The largest absolute Gasteiger partial charge is 0.508 e. The molecule has 0 unspecified atom stereocenters. The topological polar surface area (TPSA) is 68.7 Å². The first kappa shape index (κ1) is 20.8. The van der Waals surface area contributed by atoms with Crippen LogP contribution in [0.15, 0.2) is 78.9 Å². The first-order valence-corrected chi connectivity index (χ1v) is 11.0. The molecule has 164 valence electrons. The Kier molecular flexibility index (Phi) is 5.77. The van der Waals surface area contributed by atoms with Gasteiger partial charge in [0.1, 0.15) is 24.7 Å².